The summed E-state index contributed by atoms with van der Waals surface area (Å²) in [6, 6.07) is 12.5. The second-order valence-corrected chi connectivity index (χ2v) is 11.2. The number of anilines is 1. The number of benzene rings is 2. The lowest BCUT2D eigenvalue weighted by Gasteiger charge is -2.34. The molecule has 35 heavy (non-hydrogen) atoms. The van der Waals surface area contributed by atoms with Gasteiger partial charge in [0.2, 0.25) is 21.8 Å². The van der Waals surface area contributed by atoms with Crippen molar-refractivity contribution in [2.24, 2.45) is 0 Å². The van der Waals surface area contributed by atoms with E-state index in [0.29, 0.717) is 12.1 Å². The first-order valence-corrected chi connectivity index (χ1v) is 13.9. The fourth-order valence-electron chi connectivity index (χ4n) is 4.03. The van der Waals surface area contributed by atoms with E-state index in [4.69, 9.17) is 0 Å². The van der Waals surface area contributed by atoms with Crippen molar-refractivity contribution in [1.82, 2.24) is 10.2 Å². The van der Waals surface area contributed by atoms with Crippen LogP contribution in [-0.4, -0.2) is 50.0 Å². The number of carbonyl (C=O) groups is 2. The lowest BCUT2D eigenvalue weighted by Crippen LogP contribution is -2.53. The van der Waals surface area contributed by atoms with E-state index in [1.165, 1.54) is 4.90 Å². The average molecular weight is 502 g/mol. The minimum absolute atomic E-state index is 0.0324. The van der Waals surface area contributed by atoms with Gasteiger partial charge in [0.05, 0.1) is 11.9 Å². The maximum absolute atomic E-state index is 13.8. The number of hydrogen-bond donors (Lipinski definition) is 1. The second-order valence-electron chi connectivity index (χ2n) is 9.26. The van der Waals surface area contributed by atoms with Crippen LogP contribution in [0.1, 0.15) is 55.9 Å². The van der Waals surface area contributed by atoms with Gasteiger partial charge in [-0.1, -0.05) is 61.9 Å². The van der Waals surface area contributed by atoms with Gasteiger partial charge in [0.15, 0.2) is 0 Å². The number of nitrogens with one attached hydrogen (secondary N) is 1. The molecule has 0 spiro atoms. The third-order valence-electron chi connectivity index (χ3n) is 6.23. The first-order chi connectivity index (χ1) is 16.4. The molecule has 1 N–H and O–H groups in total. The van der Waals surface area contributed by atoms with Crippen molar-refractivity contribution >= 4 is 27.5 Å². The van der Waals surface area contributed by atoms with E-state index in [1.807, 2.05) is 84.0 Å². The summed E-state index contributed by atoms with van der Waals surface area (Å²) < 4.78 is 26.8. The third-order valence-corrected chi connectivity index (χ3v) is 7.34. The van der Waals surface area contributed by atoms with Crippen molar-refractivity contribution in [3.63, 3.8) is 0 Å². The molecule has 7 nitrogen and oxygen atoms in total. The number of carbonyl (C=O) groups excluding carboxylic acids is 2. The molecule has 0 radical (unpaired) electrons. The van der Waals surface area contributed by atoms with Gasteiger partial charge in [-0.2, -0.15) is 0 Å². The Hall–Kier alpha value is -2.87. The van der Waals surface area contributed by atoms with Gasteiger partial charge in [0, 0.05) is 12.6 Å². The second kappa shape index (κ2) is 12.2. The molecule has 0 aliphatic carbocycles. The SMILES string of the molecule is CC[C@H](C(=O)N[C@@H](C)CC)N(Cc1ccc(C)cc1)C(=O)CN(c1c(C)cccc1C)S(C)(=O)=O. The van der Waals surface area contributed by atoms with E-state index < -0.39 is 22.0 Å². The van der Waals surface area contributed by atoms with E-state index in [-0.39, 0.29) is 25.0 Å². The van der Waals surface area contributed by atoms with Gasteiger partial charge in [-0.15, -0.1) is 0 Å². The number of rotatable bonds is 11. The summed E-state index contributed by atoms with van der Waals surface area (Å²) in [5, 5.41) is 2.98. The van der Waals surface area contributed by atoms with Crippen molar-refractivity contribution in [2.75, 3.05) is 17.1 Å². The highest BCUT2D eigenvalue weighted by atomic mass is 32.2. The zero-order valence-corrected chi connectivity index (χ0v) is 22.8. The Morgan fingerprint density at radius 3 is 2.00 bits per heavy atom. The van der Waals surface area contributed by atoms with Crippen molar-refractivity contribution in [1.29, 1.82) is 0 Å². The van der Waals surface area contributed by atoms with Crippen molar-refractivity contribution in [3.05, 3.63) is 64.7 Å². The highest BCUT2D eigenvalue weighted by Crippen LogP contribution is 2.27. The van der Waals surface area contributed by atoms with Crippen LogP contribution in [0.4, 0.5) is 5.69 Å². The predicted molar refractivity (Wildman–Crippen MR) is 142 cm³/mol. The first kappa shape index (κ1) is 28.4. The number of nitrogens with zero attached hydrogens (tertiary/aromatic N) is 2. The molecule has 2 aromatic carbocycles. The highest BCUT2D eigenvalue weighted by molar-refractivity contribution is 7.92. The van der Waals surface area contributed by atoms with Gasteiger partial charge < -0.3 is 10.2 Å². The quantitative estimate of drug-likeness (QED) is 0.502. The maximum atomic E-state index is 13.8. The minimum Gasteiger partial charge on any atom is -0.352 e. The zero-order valence-electron chi connectivity index (χ0n) is 22.0. The fraction of sp³-hybridized carbons (Fsp3) is 0.481. The first-order valence-electron chi connectivity index (χ1n) is 12.1. The van der Waals surface area contributed by atoms with Gasteiger partial charge in [0.25, 0.3) is 0 Å². The summed E-state index contributed by atoms with van der Waals surface area (Å²) in [7, 11) is -3.76. The van der Waals surface area contributed by atoms with Gasteiger partial charge >= 0.3 is 0 Å². The number of sulfonamides is 1. The minimum atomic E-state index is -3.76. The van der Waals surface area contributed by atoms with Crippen molar-refractivity contribution in [2.45, 2.75) is 73.0 Å². The Morgan fingerprint density at radius 2 is 1.51 bits per heavy atom. The van der Waals surface area contributed by atoms with Gasteiger partial charge in [-0.25, -0.2) is 8.42 Å². The van der Waals surface area contributed by atoms with E-state index >= 15 is 0 Å². The van der Waals surface area contributed by atoms with Crippen LogP contribution in [0.15, 0.2) is 42.5 Å². The molecule has 0 heterocycles. The van der Waals surface area contributed by atoms with Crippen LogP contribution in [0.5, 0.6) is 0 Å². The lowest BCUT2D eigenvalue weighted by molar-refractivity contribution is -0.140. The summed E-state index contributed by atoms with van der Waals surface area (Å²) in [6.45, 7) is 11.2. The molecule has 2 amide bonds. The summed E-state index contributed by atoms with van der Waals surface area (Å²) in [6.07, 6.45) is 2.27. The Bertz CT molecular complexity index is 1110. The zero-order chi connectivity index (χ0) is 26.3. The Morgan fingerprint density at radius 1 is 0.943 bits per heavy atom. The van der Waals surface area contributed by atoms with Crippen LogP contribution in [0.2, 0.25) is 0 Å². The average Bonchev–Trinajstić information content (AvgIpc) is 2.78. The standard InChI is InChI=1S/C27H39N3O4S/c1-8-22(6)28-27(32)24(9-2)29(17-23-15-13-19(3)14-16-23)25(31)18-30(35(7,33)34)26-20(4)11-10-12-21(26)5/h10-16,22,24H,8-9,17-18H2,1-7H3,(H,28,32)/t22-,24+/m0/s1. The molecular weight excluding hydrogens is 462 g/mol. The molecule has 0 saturated heterocycles. The molecule has 2 rings (SSSR count). The normalized spacial score (nSPS) is 13.1. The van der Waals surface area contributed by atoms with Gasteiger partial charge in [-0.05, 0) is 57.2 Å². The smallest absolute Gasteiger partial charge is 0.244 e. The number of amides is 2. The summed E-state index contributed by atoms with van der Waals surface area (Å²) in [4.78, 5) is 28.4. The topological polar surface area (TPSA) is 86.8 Å². The molecule has 0 bridgehead atoms. The van der Waals surface area contributed by atoms with Crippen molar-refractivity contribution in [3.8, 4) is 0 Å². The fourth-order valence-corrected chi connectivity index (χ4v) is 4.99. The summed E-state index contributed by atoms with van der Waals surface area (Å²) in [5.41, 5.74) is 3.98. The molecule has 2 atom stereocenters. The van der Waals surface area contributed by atoms with Crippen LogP contribution in [0.25, 0.3) is 0 Å². The van der Waals surface area contributed by atoms with Crippen molar-refractivity contribution < 1.29 is 18.0 Å². The molecule has 192 valence electrons. The highest BCUT2D eigenvalue weighted by Gasteiger charge is 2.32. The molecule has 0 fully saturated rings. The molecular formula is C27H39N3O4S. The predicted octanol–water partition coefficient (Wildman–Crippen LogP) is 4.10. The van der Waals surface area contributed by atoms with Crippen LogP contribution >= 0.6 is 0 Å². The Labute approximate surface area is 210 Å². The van der Waals surface area contributed by atoms with Crippen LogP contribution in [0.3, 0.4) is 0 Å². The molecule has 2 aromatic rings. The molecule has 0 unspecified atom stereocenters. The summed E-state index contributed by atoms with van der Waals surface area (Å²) >= 11 is 0. The van der Waals surface area contributed by atoms with Gasteiger partial charge in [0.1, 0.15) is 12.6 Å². The third kappa shape index (κ3) is 7.56. The van der Waals surface area contributed by atoms with Crippen LogP contribution in [0, 0.1) is 20.8 Å². The molecule has 0 aliphatic rings. The lowest BCUT2D eigenvalue weighted by atomic mass is 10.1. The number of hydrogen-bond acceptors (Lipinski definition) is 4. The largest absolute Gasteiger partial charge is 0.352 e. The molecule has 8 heteroatoms. The number of para-hydroxylation sites is 1. The molecule has 0 saturated carbocycles. The number of aryl methyl sites for hydroxylation is 3. The molecule has 0 aromatic heterocycles. The van der Waals surface area contributed by atoms with Gasteiger partial charge in [-0.3, -0.25) is 13.9 Å². The van der Waals surface area contributed by atoms with E-state index in [9.17, 15) is 18.0 Å². The monoisotopic (exact) mass is 501 g/mol. The Balaban J connectivity index is 2.49. The van der Waals surface area contributed by atoms with Crippen LogP contribution in [-0.2, 0) is 26.2 Å². The van der Waals surface area contributed by atoms with E-state index in [0.717, 1.165) is 39.2 Å². The maximum Gasteiger partial charge on any atom is 0.244 e. The summed E-state index contributed by atoms with van der Waals surface area (Å²) in [5.74, 6) is -0.662. The van der Waals surface area contributed by atoms with E-state index in [2.05, 4.69) is 5.32 Å². The Kier molecular flexibility index (Phi) is 9.89. The van der Waals surface area contributed by atoms with E-state index in [1.54, 1.807) is 0 Å². The van der Waals surface area contributed by atoms with Crippen LogP contribution < -0.4 is 9.62 Å². The molecule has 0 aliphatic heterocycles.